The van der Waals surface area contributed by atoms with E-state index < -0.39 is 33.3 Å². The van der Waals surface area contributed by atoms with Gasteiger partial charge in [0.15, 0.2) is 5.78 Å². The molecule has 0 aliphatic heterocycles. The molecule has 1 aromatic heterocycles. The molecule has 1 heterocycles. The number of halogens is 1. The van der Waals surface area contributed by atoms with Crippen molar-refractivity contribution in [2.45, 2.75) is 50.1 Å². The summed E-state index contributed by atoms with van der Waals surface area (Å²) in [6, 6.07) is 14.0. The number of benzene rings is 2. The number of amides is 1. The first-order valence-corrected chi connectivity index (χ1v) is 12.9. The lowest BCUT2D eigenvalue weighted by molar-refractivity contribution is -0.122. The molecule has 1 amide bonds. The van der Waals surface area contributed by atoms with Crippen LogP contribution in [-0.4, -0.2) is 48.6 Å². The van der Waals surface area contributed by atoms with Gasteiger partial charge in [-0.3, -0.25) is 14.6 Å². The maximum atomic E-state index is 13.4. The second-order valence-corrected chi connectivity index (χ2v) is 11.3. The summed E-state index contributed by atoms with van der Waals surface area (Å²) in [6.45, 7) is 5.26. The maximum Gasteiger partial charge on any atom is 0.254 e. The van der Waals surface area contributed by atoms with Crippen molar-refractivity contribution < 1.29 is 22.4 Å². The van der Waals surface area contributed by atoms with E-state index in [4.69, 9.17) is 0 Å². The number of carbonyl (C=O) groups is 2. The van der Waals surface area contributed by atoms with E-state index in [9.17, 15) is 22.4 Å². The van der Waals surface area contributed by atoms with Gasteiger partial charge in [0.25, 0.3) is 5.91 Å². The number of rotatable bonds is 9. The van der Waals surface area contributed by atoms with E-state index in [0.29, 0.717) is 5.56 Å². The zero-order valence-corrected chi connectivity index (χ0v) is 21.5. The van der Waals surface area contributed by atoms with Gasteiger partial charge in [-0.05, 0) is 74.4 Å². The summed E-state index contributed by atoms with van der Waals surface area (Å²) < 4.78 is 41.0. The average Bonchev–Trinajstić information content (AvgIpc) is 2.81. The molecule has 0 bridgehead atoms. The molecule has 0 aliphatic carbocycles. The molecule has 9 heteroatoms. The lowest BCUT2D eigenvalue weighted by Crippen LogP contribution is -2.44. The lowest BCUT2D eigenvalue weighted by Gasteiger charge is -2.27. The van der Waals surface area contributed by atoms with E-state index >= 15 is 0 Å². The van der Waals surface area contributed by atoms with Crippen LogP contribution in [0.5, 0.6) is 0 Å². The quantitative estimate of drug-likeness (QED) is 0.472. The van der Waals surface area contributed by atoms with Gasteiger partial charge in [-0.15, -0.1) is 0 Å². The number of sulfonamides is 1. The highest BCUT2D eigenvalue weighted by molar-refractivity contribution is 7.89. The monoisotopic (exact) mass is 511 g/mol. The fourth-order valence-electron chi connectivity index (χ4n) is 3.71. The molecule has 0 spiro atoms. The van der Waals surface area contributed by atoms with Crippen molar-refractivity contribution in [3.8, 4) is 0 Å². The van der Waals surface area contributed by atoms with Crippen molar-refractivity contribution in [2.75, 3.05) is 7.05 Å². The van der Waals surface area contributed by atoms with Gasteiger partial charge in [0.2, 0.25) is 10.0 Å². The molecule has 0 unspecified atom stereocenters. The SMILES string of the molecule is CN(C(=O)c1ccc(F)cc1)[C@@H](Cc1cccnc1)C(=O)Cc1ccc(S(=O)(=O)NC(C)(C)C)cc1. The van der Waals surface area contributed by atoms with Crippen LogP contribution in [0, 0.1) is 5.82 Å². The third-order valence-corrected chi connectivity index (χ3v) is 7.23. The van der Waals surface area contributed by atoms with Crippen LogP contribution in [0.1, 0.15) is 42.3 Å². The van der Waals surface area contributed by atoms with E-state index in [2.05, 4.69) is 9.71 Å². The van der Waals surface area contributed by atoms with Crippen LogP contribution in [-0.2, 0) is 27.7 Å². The van der Waals surface area contributed by atoms with E-state index in [-0.39, 0.29) is 29.1 Å². The number of carbonyl (C=O) groups excluding carboxylic acids is 2. The second-order valence-electron chi connectivity index (χ2n) is 9.65. The number of likely N-dealkylation sites (N-methyl/N-ethyl adjacent to an activating group) is 1. The number of hydrogen-bond donors (Lipinski definition) is 1. The molecule has 3 aromatic rings. The van der Waals surface area contributed by atoms with E-state index in [0.717, 1.165) is 5.56 Å². The van der Waals surface area contributed by atoms with Crippen LogP contribution < -0.4 is 4.72 Å². The molecular weight excluding hydrogens is 481 g/mol. The van der Waals surface area contributed by atoms with E-state index in [1.807, 2.05) is 6.07 Å². The molecule has 1 atom stereocenters. The number of hydrogen-bond acceptors (Lipinski definition) is 5. The maximum absolute atomic E-state index is 13.4. The Kier molecular flexibility index (Phi) is 8.37. The molecule has 2 aromatic carbocycles. The van der Waals surface area contributed by atoms with Crippen molar-refractivity contribution in [1.82, 2.24) is 14.6 Å². The Labute approximate surface area is 211 Å². The Bertz CT molecular complexity index is 1300. The van der Waals surface area contributed by atoms with Gasteiger partial charge < -0.3 is 4.90 Å². The van der Waals surface area contributed by atoms with Crippen molar-refractivity contribution in [3.63, 3.8) is 0 Å². The predicted molar refractivity (Wildman–Crippen MR) is 135 cm³/mol. The Balaban J connectivity index is 1.82. The molecule has 0 fully saturated rings. The zero-order chi connectivity index (χ0) is 26.5. The first-order valence-electron chi connectivity index (χ1n) is 11.4. The molecule has 0 radical (unpaired) electrons. The van der Waals surface area contributed by atoms with Crippen LogP contribution >= 0.6 is 0 Å². The Morgan fingerprint density at radius 2 is 1.64 bits per heavy atom. The molecule has 0 saturated carbocycles. The first kappa shape index (κ1) is 27.2. The largest absolute Gasteiger partial charge is 0.331 e. The topological polar surface area (TPSA) is 96.4 Å². The minimum absolute atomic E-state index is 0.000998. The zero-order valence-electron chi connectivity index (χ0n) is 20.7. The third kappa shape index (κ3) is 7.29. The Morgan fingerprint density at radius 1 is 1.00 bits per heavy atom. The van der Waals surface area contributed by atoms with Gasteiger partial charge in [-0.2, -0.15) is 0 Å². The summed E-state index contributed by atoms with van der Waals surface area (Å²) in [4.78, 5) is 32.0. The molecule has 0 saturated heterocycles. The van der Waals surface area contributed by atoms with E-state index in [1.165, 1.54) is 41.3 Å². The van der Waals surface area contributed by atoms with Crippen molar-refractivity contribution in [2.24, 2.45) is 0 Å². The van der Waals surface area contributed by atoms with Gasteiger partial charge >= 0.3 is 0 Å². The van der Waals surface area contributed by atoms with Crippen LogP contribution in [0.2, 0.25) is 0 Å². The summed E-state index contributed by atoms with van der Waals surface area (Å²) in [6.07, 6.45) is 3.51. The van der Waals surface area contributed by atoms with Crippen LogP contribution in [0.25, 0.3) is 0 Å². The number of pyridine rings is 1. The highest BCUT2D eigenvalue weighted by Gasteiger charge is 2.28. The number of nitrogens with zero attached hydrogens (tertiary/aromatic N) is 2. The van der Waals surface area contributed by atoms with E-state index in [1.54, 1.807) is 58.4 Å². The molecular formula is C27H30FN3O4S. The fraction of sp³-hybridized carbons (Fsp3) is 0.296. The molecule has 0 aliphatic rings. The van der Waals surface area contributed by atoms with Crippen LogP contribution in [0.15, 0.2) is 78.0 Å². The molecule has 7 nitrogen and oxygen atoms in total. The van der Waals surface area contributed by atoms with Crippen molar-refractivity contribution in [1.29, 1.82) is 0 Å². The normalized spacial score (nSPS) is 12.7. The fourth-order valence-corrected chi connectivity index (χ4v) is 5.13. The first-order chi connectivity index (χ1) is 16.9. The van der Waals surface area contributed by atoms with Gasteiger partial charge in [-0.1, -0.05) is 18.2 Å². The predicted octanol–water partition coefficient (Wildman–Crippen LogP) is 3.79. The van der Waals surface area contributed by atoms with Crippen LogP contribution in [0.4, 0.5) is 4.39 Å². The third-order valence-electron chi connectivity index (χ3n) is 5.46. The lowest BCUT2D eigenvalue weighted by atomic mass is 9.97. The highest BCUT2D eigenvalue weighted by Crippen LogP contribution is 2.18. The summed E-state index contributed by atoms with van der Waals surface area (Å²) in [5.74, 6) is -1.09. The van der Waals surface area contributed by atoms with Crippen LogP contribution in [0.3, 0.4) is 0 Å². The Morgan fingerprint density at radius 3 is 2.19 bits per heavy atom. The van der Waals surface area contributed by atoms with Crippen molar-refractivity contribution >= 4 is 21.7 Å². The average molecular weight is 512 g/mol. The molecule has 3 rings (SSSR count). The van der Waals surface area contributed by atoms with Crippen molar-refractivity contribution in [3.05, 3.63) is 95.6 Å². The Hall–Kier alpha value is -3.43. The minimum Gasteiger partial charge on any atom is -0.331 e. The molecule has 36 heavy (non-hydrogen) atoms. The summed E-state index contributed by atoms with van der Waals surface area (Å²) >= 11 is 0. The number of nitrogens with one attached hydrogen (secondary N) is 1. The number of ketones is 1. The smallest absolute Gasteiger partial charge is 0.254 e. The molecule has 1 N–H and O–H groups in total. The number of aromatic nitrogens is 1. The minimum atomic E-state index is -3.70. The summed E-state index contributed by atoms with van der Waals surface area (Å²) in [7, 11) is -2.16. The van der Waals surface area contributed by atoms with Gasteiger partial charge in [0.1, 0.15) is 5.82 Å². The summed E-state index contributed by atoms with van der Waals surface area (Å²) in [5.41, 5.74) is 1.04. The van der Waals surface area contributed by atoms with Gasteiger partial charge in [0, 0.05) is 43.4 Å². The standard InChI is InChI=1S/C27H30FN3O4S/c1-27(2,3)30-36(34,35)23-13-7-19(8-14-23)17-25(32)24(16-20-6-5-15-29-18-20)31(4)26(33)21-9-11-22(28)12-10-21/h5-15,18,24,30H,16-17H2,1-4H3/t24-/m0/s1. The second kappa shape index (κ2) is 11.1. The van der Waals surface area contributed by atoms with Gasteiger partial charge in [-0.25, -0.2) is 17.5 Å². The summed E-state index contributed by atoms with van der Waals surface area (Å²) in [5, 5.41) is 0. The molecule has 190 valence electrons. The highest BCUT2D eigenvalue weighted by atomic mass is 32.2. The number of Topliss-reactive ketones (excluding diaryl/α,β-unsaturated/α-hetero) is 1. The van der Waals surface area contributed by atoms with Gasteiger partial charge in [0.05, 0.1) is 10.9 Å².